The van der Waals surface area contributed by atoms with E-state index in [-0.39, 0.29) is 0 Å². The van der Waals surface area contributed by atoms with Crippen molar-refractivity contribution in [1.29, 1.82) is 0 Å². The lowest BCUT2D eigenvalue weighted by molar-refractivity contribution is 0.304. The Morgan fingerprint density at radius 3 is 2.76 bits per heavy atom. The number of hydrogen-bond donors (Lipinski definition) is 3. The minimum absolute atomic E-state index is 0.332. The lowest BCUT2D eigenvalue weighted by Gasteiger charge is -2.29. The van der Waals surface area contributed by atoms with E-state index in [9.17, 15) is 0 Å². The molecule has 5 heteroatoms. The van der Waals surface area contributed by atoms with E-state index in [2.05, 4.69) is 34.4 Å². The molecule has 0 aliphatic heterocycles. The van der Waals surface area contributed by atoms with E-state index in [4.69, 9.17) is 5.73 Å². The van der Waals surface area contributed by atoms with Gasteiger partial charge in [0.1, 0.15) is 11.6 Å². The molecule has 1 aromatic heterocycles. The minimum Gasteiger partial charge on any atom is -0.370 e. The second-order valence-corrected chi connectivity index (χ2v) is 6.70. The third-order valence-corrected chi connectivity index (χ3v) is 5.11. The molecule has 3 rings (SSSR count). The highest BCUT2D eigenvalue weighted by Gasteiger charge is 2.41. The number of rotatable bonds is 6. The van der Waals surface area contributed by atoms with E-state index in [0.717, 1.165) is 42.4 Å². The first-order valence-electron chi connectivity index (χ1n) is 8.30. The molecule has 4 N–H and O–H groups in total. The number of hydrogen-bond acceptors (Lipinski definition) is 5. The summed E-state index contributed by atoms with van der Waals surface area (Å²) in [5.41, 5.74) is 5.82. The van der Waals surface area contributed by atoms with Crippen molar-refractivity contribution in [3.05, 3.63) is 6.07 Å². The molecular weight excluding hydrogens is 262 g/mol. The van der Waals surface area contributed by atoms with Gasteiger partial charge < -0.3 is 16.4 Å². The van der Waals surface area contributed by atoms with Gasteiger partial charge in [-0.15, -0.1) is 0 Å². The predicted molar refractivity (Wildman–Crippen MR) is 87.2 cm³/mol. The number of fused-ring (bicyclic) bond motifs is 2. The highest BCUT2D eigenvalue weighted by Crippen LogP contribution is 2.49. The number of nitrogen functional groups attached to an aromatic ring is 1. The van der Waals surface area contributed by atoms with Gasteiger partial charge in [0.05, 0.1) is 0 Å². The smallest absolute Gasteiger partial charge is 0.223 e. The monoisotopic (exact) mass is 289 g/mol. The molecule has 0 aromatic carbocycles. The predicted octanol–water partition coefficient (Wildman–Crippen LogP) is 3.12. The third kappa shape index (κ3) is 3.22. The van der Waals surface area contributed by atoms with Crippen LogP contribution in [0.5, 0.6) is 0 Å². The van der Waals surface area contributed by atoms with Crippen molar-refractivity contribution in [1.82, 2.24) is 9.97 Å². The highest BCUT2D eigenvalue weighted by atomic mass is 15.1. The van der Waals surface area contributed by atoms with Crippen molar-refractivity contribution >= 4 is 17.6 Å². The fourth-order valence-corrected chi connectivity index (χ4v) is 4.13. The molecule has 2 aliphatic carbocycles. The standard InChI is InChI=1S/C16H27N5/c1-3-6-18-14-9-15(21-16(17)20-14)19-10(2)13-8-11-4-5-12(13)7-11/h9-13H,3-8H2,1-2H3,(H4,17,18,19,20,21). The van der Waals surface area contributed by atoms with Crippen molar-refractivity contribution in [2.24, 2.45) is 17.8 Å². The summed E-state index contributed by atoms with van der Waals surface area (Å²) in [5, 5.41) is 6.83. The maximum atomic E-state index is 5.82. The van der Waals surface area contributed by atoms with Crippen LogP contribution in [0.15, 0.2) is 6.07 Å². The zero-order valence-corrected chi connectivity index (χ0v) is 13.1. The Labute approximate surface area is 127 Å². The summed E-state index contributed by atoms with van der Waals surface area (Å²) in [4.78, 5) is 8.56. The second-order valence-electron chi connectivity index (χ2n) is 6.70. The summed E-state index contributed by atoms with van der Waals surface area (Å²) in [6, 6.07) is 2.42. The summed E-state index contributed by atoms with van der Waals surface area (Å²) < 4.78 is 0. The molecule has 5 nitrogen and oxygen atoms in total. The van der Waals surface area contributed by atoms with Gasteiger partial charge in [0.25, 0.3) is 0 Å². The first-order chi connectivity index (χ1) is 10.2. The third-order valence-electron chi connectivity index (χ3n) is 5.11. The van der Waals surface area contributed by atoms with Crippen LogP contribution < -0.4 is 16.4 Å². The van der Waals surface area contributed by atoms with E-state index in [0.29, 0.717) is 12.0 Å². The van der Waals surface area contributed by atoms with Crippen molar-refractivity contribution in [3.63, 3.8) is 0 Å². The molecule has 0 amide bonds. The first-order valence-corrected chi connectivity index (χ1v) is 8.30. The Hall–Kier alpha value is -1.52. The number of nitrogens with two attached hydrogens (primary N) is 1. The fourth-order valence-electron chi connectivity index (χ4n) is 4.13. The minimum atomic E-state index is 0.332. The van der Waals surface area contributed by atoms with E-state index < -0.39 is 0 Å². The molecule has 2 bridgehead atoms. The maximum Gasteiger partial charge on any atom is 0.223 e. The molecule has 2 fully saturated rings. The van der Waals surface area contributed by atoms with Crippen LogP contribution in [-0.2, 0) is 0 Å². The molecule has 4 unspecified atom stereocenters. The highest BCUT2D eigenvalue weighted by molar-refractivity contribution is 5.51. The Morgan fingerprint density at radius 2 is 2.10 bits per heavy atom. The molecule has 116 valence electrons. The quantitative estimate of drug-likeness (QED) is 0.750. The van der Waals surface area contributed by atoms with E-state index >= 15 is 0 Å². The number of nitrogens with zero attached hydrogens (tertiary/aromatic N) is 2. The average molecular weight is 289 g/mol. The topological polar surface area (TPSA) is 75.9 Å². The van der Waals surface area contributed by atoms with Gasteiger partial charge >= 0.3 is 0 Å². The van der Waals surface area contributed by atoms with Gasteiger partial charge in [-0.2, -0.15) is 9.97 Å². The van der Waals surface area contributed by atoms with Crippen LogP contribution in [-0.4, -0.2) is 22.6 Å². The van der Waals surface area contributed by atoms with E-state index in [1.807, 2.05) is 6.07 Å². The molecule has 4 atom stereocenters. The van der Waals surface area contributed by atoms with Crippen LogP contribution in [0.2, 0.25) is 0 Å². The average Bonchev–Trinajstić information content (AvgIpc) is 3.07. The zero-order chi connectivity index (χ0) is 14.8. The molecule has 2 saturated carbocycles. The van der Waals surface area contributed by atoms with Crippen molar-refractivity contribution in [2.75, 3.05) is 22.9 Å². The summed E-state index contributed by atoms with van der Waals surface area (Å²) >= 11 is 0. The molecule has 2 aliphatic rings. The molecule has 1 heterocycles. The first kappa shape index (κ1) is 14.4. The van der Waals surface area contributed by atoms with Crippen LogP contribution in [0.25, 0.3) is 0 Å². The van der Waals surface area contributed by atoms with Crippen LogP contribution in [0.1, 0.15) is 46.0 Å². The van der Waals surface area contributed by atoms with Gasteiger partial charge in [-0.3, -0.25) is 0 Å². The normalized spacial score (nSPS) is 28.6. The largest absolute Gasteiger partial charge is 0.370 e. The zero-order valence-electron chi connectivity index (χ0n) is 13.1. The van der Waals surface area contributed by atoms with Crippen LogP contribution in [0.4, 0.5) is 17.6 Å². The van der Waals surface area contributed by atoms with Gasteiger partial charge in [-0.05, 0) is 50.4 Å². The Morgan fingerprint density at radius 1 is 1.29 bits per heavy atom. The SMILES string of the molecule is CCCNc1cc(NC(C)C2CC3CCC2C3)nc(N)n1. The van der Waals surface area contributed by atoms with Crippen molar-refractivity contribution < 1.29 is 0 Å². The molecule has 1 aromatic rings. The summed E-state index contributed by atoms with van der Waals surface area (Å²) in [7, 11) is 0. The fraction of sp³-hybridized carbons (Fsp3) is 0.750. The van der Waals surface area contributed by atoms with Crippen LogP contribution >= 0.6 is 0 Å². The number of anilines is 3. The van der Waals surface area contributed by atoms with E-state index in [1.54, 1.807) is 0 Å². The summed E-state index contributed by atoms with van der Waals surface area (Å²) in [6.07, 6.45) is 6.73. The van der Waals surface area contributed by atoms with Crippen molar-refractivity contribution in [2.45, 2.75) is 52.0 Å². The maximum absolute atomic E-state index is 5.82. The van der Waals surface area contributed by atoms with Gasteiger partial charge in [0.15, 0.2) is 0 Å². The molecule has 0 saturated heterocycles. The summed E-state index contributed by atoms with van der Waals surface area (Å²) in [6.45, 7) is 5.31. The molecule has 0 spiro atoms. The number of nitrogens with one attached hydrogen (secondary N) is 2. The van der Waals surface area contributed by atoms with Crippen LogP contribution in [0.3, 0.4) is 0 Å². The Kier molecular flexibility index (Phi) is 4.17. The van der Waals surface area contributed by atoms with Crippen molar-refractivity contribution in [3.8, 4) is 0 Å². The second kappa shape index (κ2) is 6.08. The molecular formula is C16H27N5. The molecule has 21 heavy (non-hydrogen) atoms. The van der Waals surface area contributed by atoms with Gasteiger partial charge in [-0.1, -0.05) is 13.3 Å². The van der Waals surface area contributed by atoms with Gasteiger partial charge in [-0.25, -0.2) is 0 Å². The Balaban J connectivity index is 1.65. The van der Waals surface area contributed by atoms with Gasteiger partial charge in [0, 0.05) is 18.7 Å². The summed E-state index contributed by atoms with van der Waals surface area (Å²) in [5.74, 6) is 4.66. The van der Waals surface area contributed by atoms with Gasteiger partial charge in [0.2, 0.25) is 5.95 Å². The lowest BCUT2D eigenvalue weighted by atomic mass is 9.84. The molecule has 0 radical (unpaired) electrons. The van der Waals surface area contributed by atoms with Crippen LogP contribution in [0, 0.1) is 17.8 Å². The Bertz CT molecular complexity index is 490. The number of aromatic nitrogens is 2. The lowest BCUT2D eigenvalue weighted by Crippen LogP contribution is -2.30. The van der Waals surface area contributed by atoms with E-state index in [1.165, 1.54) is 25.7 Å².